The number of hydrogen-bond acceptors (Lipinski definition) is 6. The molecule has 11 heteroatoms. The maximum Gasteiger partial charge on any atom is 0.416 e. The third-order valence-electron chi connectivity index (χ3n) is 6.45. The standard InChI is InChI=1S/C28H31ClF3N5OS/c1-2-3-4-12-33-26(38)21-10-8-20(9-11-21)19-39-27-34-24(29)18-25(35-27)37-15-13-36(14-16-37)23-7-5-6-22(17-23)28(30,31)32/h5-11,17-18H,2-4,12-16,19H2,1H3,(H,33,38). The van der Waals surface area contributed by atoms with E-state index >= 15 is 0 Å². The molecule has 39 heavy (non-hydrogen) atoms. The zero-order valence-electron chi connectivity index (χ0n) is 21.7. The Morgan fingerprint density at radius 3 is 2.41 bits per heavy atom. The van der Waals surface area contributed by atoms with Gasteiger partial charge in [-0.2, -0.15) is 13.2 Å². The van der Waals surface area contributed by atoms with Crippen molar-refractivity contribution in [1.82, 2.24) is 15.3 Å². The first-order chi connectivity index (χ1) is 18.7. The van der Waals surface area contributed by atoms with Crippen LogP contribution in [0.4, 0.5) is 24.7 Å². The van der Waals surface area contributed by atoms with E-state index in [1.54, 1.807) is 12.1 Å². The van der Waals surface area contributed by atoms with Crippen LogP contribution in [0.3, 0.4) is 0 Å². The number of anilines is 2. The number of piperazine rings is 1. The fourth-order valence-electron chi connectivity index (χ4n) is 4.26. The van der Waals surface area contributed by atoms with Crippen LogP contribution in [0.2, 0.25) is 5.15 Å². The first kappa shape index (κ1) is 29.0. The molecule has 0 bridgehead atoms. The van der Waals surface area contributed by atoms with Crippen molar-refractivity contribution in [3.8, 4) is 0 Å². The van der Waals surface area contributed by atoms with E-state index in [-0.39, 0.29) is 5.91 Å². The number of benzene rings is 2. The lowest BCUT2D eigenvalue weighted by Crippen LogP contribution is -2.47. The van der Waals surface area contributed by atoms with Gasteiger partial charge in [-0.15, -0.1) is 0 Å². The number of carbonyl (C=O) groups is 1. The number of alkyl halides is 3. The molecular weight excluding hydrogens is 547 g/mol. The highest BCUT2D eigenvalue weighted by Gasteiger charge is 2.31. The van der Waals surface area contributed by atoms with Crippen LogP contribution in [0.15, 0.2) is 59.8 Å². The van der Waals surface area contributed by atoms with Crippen LogP contribution < -0.4 is 15.1 Å². The van der Waals surface area contributed by atoms with E-state index in [1.807, 2.05) is 29.2 Å². The monoisotopic (exact) mass is 577 g/mol. The van der Waals surface area contributed by atoms with Crippen LogP contribution in [-0.4, -0.2) is 48.6 Å². The molecule has 6 nitrogen and oxygen atoms in total. The van der Waals surface area contributed by atoms with Crippen molar-refractivity contribution in [2.24, 2.45) is 0 Å². The van der Waals surface area contributed by atoms with Crippen molar-refractivity contribution < 1.29 is 18.0 Å². The minimum absolute atomic E-state index is 0.0683. The van der Waals surface area contributed by atoms with E-state index in [9.17, 15) is 18.0 Å². The van der Waals surface area contributed by atoms with Crippen molar-refractivity contribution >= 4 is 40.8 Å². The van der Waals surface area contributed by atoms with Crippen LogP contribution in [0.1, 0.15) is 47.7 Å². The lowest BCUT2D eigenvalue weighted by atomic mass is 10.1. The molecule has 2 heterocycles. The van der Waals surface area contributed by atoms with E-state index in [0.29, 0.717) is 65.9 Å². The van der Waals surface area contributed by atoms with Gasteiger partial charge in [-0.25, -0.2) is 9.97 Å². The smallest absolute Gasteiger partial charge is 0.368 e. The molecule has 0 radical (unpaired) electrons. The van der Waals surface area contributed by atoms with Crippen LogP contribution >= 0.6 is 23.4 Å². The summed E-state index contributed by atoms with van der Waals surface area (Å²) in [5.74, 6) is 1.24. The van der Waals surface area contributed by atoms with Gasteiger partial charge in [-0.3, -0.25) is 4.79 Å². The van der Waals surface area contributed by atoms with Crippen LogP contribution in [0.5, 0.6) is 0 Å². The average Bonchev–Trinajstić information content (AvgIpc) is 2.94. The van der Waals surface area contributed by atoms with E-state index in [0.717, 1.165) is 30.9 Å². The molecule has 4 rings (SSSR count). The summed E-state index contributed by atoms with van der Waals surface area (Å²) in [4.78, 5) is 25.3. The summed E-state index contributed by atoms with van der Waals surface area (Å²) in [6, 6.07) is 14.6. The second kappa shape index (κ2) is 13.4. The molecule has 0 aliphatic carbocycles. The summed E-state index contributed by atoms with van der Waals surface area (Å²) in [6.45, 7) is 5.11. The minimum atomic E-state index is -4.37. The Morgan fingerprint density at radius 2 is 1.72 bits per heavy atom. The van der Waals surface area contributed by atoms with Gasteiger partial charge < -0.3 is 15.1 Å². The quantitative estimate of drug-likeness (QED) is 0.125. The fraction of sp³-hybridized carbons (Fsp3) is 0.393. The van der Waals surface area contributed by atoms with E-state index in [2.05, 4.69) is 27.1 Å². The summed E-state index contributed by atoms with van der Waals surface area (Å²) < 4.78 is 39.3. The highest BCUT2D eigenvalue weighted by atomic mass is 35.5. The Balaban J connectivity index is 1.32. The Hall–Kier alpha value is -2.98. The molecule has 2 aromatic carbocycles. The molecular formula is C28H31ClF3N5OS. The van der Waals surface area contributed by atoms with Crippen LogP contribution in [0.25, 0.3) is 0 Å². The number of rotatable bonds is 10. The van der Waals surface area contributed by atoms with Gasteiger partial charge in [0, 0.05) is 55.8 Å². The van der Waals surface area contributed by atoms with Gasteiger partial charge in [0.15, 0.2) is 5.16 Å². The number of amides is 1. The minimum Gasteiger partial charge on any atom is -0.368 e. The summed E-state index contributed by atoms with van der Waals surface area (Å²) >= 11 is 7.75. The van der Waals surface area contributed by atoms with Crippen molar-refractivity contribution in [3.63, 3.8) is 0 Å². The third kappa shape index (κ3) is 8.25. The average molecular weight is 578 g/mol. The lowest BCUT2D eigenvalue weighted by molar-refractivity contribution is -0.137. The number of unbranched alkanes of at least 4 members (excludes halogenated alkanes) is 2. The summed E-state index contributed by atoms with van der Waals surface area (Å²) in [5, 5.41) is 3.81. The molecule has 0 spiro atoms. The molecule has 208 valence electrons. The molecule has 1 saturated heterocycles. The number of nitrogens with zero attached hydrogens (tertiary/aromatic N) is 4. The molecule has 3 aromatic rings. The van der Waals surface area contributed by atoms with Crippen LogP contribution in [-0.2, 0) is 11.9 Å². The number of thioether (sulfide) groups is 1. The summed E-state index contributed by atoms with van der Waals surface area (Å²) in [5.41, 5.74) is 1.57. The Labute approximate surface area is 236 Å². The molecule has 1 amide bonds. The molecule has 0 unspecified atom stereocenters. The molecule has 1 aromatic heterocycles. The van der Waals surface area contributed by atoms with Crippen molar-refractivity contribution in [3.05, 3.63) is 76.4 Å². The zero-order valence-corrected chi connectivity index (χ0v) is 23.2. The maximum absolute atomic E-state index is 13.1. The first-order valence-corrected chi connectivity index (χ1v) is 14.3. The van der Waals surface area contributed by atoms with Gasteiger partial charge >= 0.3 is 6.18 Å². The lowest BCUT2D eigenvalue weighted by Gasteiger charge is -2.37. The maximum atomic E-state index is 13.1. The summed E-state index contributed by atoms with van der Waals surface area (Å²) in [6.07, 6.45) is -1.18. The topological polar surface area (TPSA) is 61.4 Å². The Kier molecular flexibility index (Phi) is 9.96. The summed E-state index contributed by atoms with van der Waals surface area (Å²) in [7, 11) is 0. The van der Waals surface area contributed by atoms with Gasteiger partial charge in [0.1, 0.15) is 11.0 Å². The van der Waals surface area contributed by atoms with E-state index in [1.165, 1.54) is 23.9 Å². The van der Waals surface area contributed by atoms with Gasteiger partial charge in [0.25, 0.3) is 5.91 Å². The highest BCUT2D eigenvalue weighted by Crippen LogP contribution is 2.32. The van der Waals surface area contributed by atoms with Crippen molar-refractivity contribution in [2.45, 2.75) is 43.3 Å². The third-order valence-corrected chi connectivity index (χ3v) is 7.57. The van der Waals surface area contributed by atoms with Gasteiger partial charge in [-0.1, -0.05) is 61.3 Å². The van der Waals surface area contributed by atoms with Gasteiger partial charge in [0.05, 0.1) is 5.56 Å². The Bertz CT molecular complexity index is 1250. The fourth-order valence-corrected chi connectivity index (χ4v) is 5.30. The number of aromatic nitrogens is 2. The van der Waals surface area contributed by atoms with Gasteiger partial charge in [0.2, 0.25) is 0 Å². The molecule has 1 N–H and O–H groups in total. The molecule has 0 saturated carbocycles. The van der Waals surface area contributed by atoms with Crippen LogP contribution in [0, 0.1) is 0 Å². The molecule has 1 aliphatic heterocycles. The van der Waals surface area contributed by atoms with E-state index < -0.39 is 11.7 Å². The van der Waals surface area contributed by atoms with Crippen molar-refractivity contribution in [1.29, 1.82) is 0 Å². The highest BCUT2D eigenvalue weighted by molar-refractivity contribution is 7.98. The Morgan fingerprint density at radius 1 is 1.00 bits per heavy atom. The first-order valence-electron chi connectivity index (χ1n) is 12.9. The normalized spacial score (nSPS) is 14.0. The predicted molar refractivity (Wildman–Crippen MR) is 151 cm³/mol. The number of hydrogen-bond donors (Lipinski definition) is 1. The number of halogens is 4. The van der Waals surface area contributed by atoms with E-state index in [4.69, 9.17) is 11.6 Å². The molecule has 1 aliphatic rings. The molecule has 0 atom stereocenters. The number of nitrogens with one attached hydrogen (secondary N) is 1. The second-order valence-electron chi connectivity index (χ2n) is 9.30. The van der Waals surface area contributed by atoms with Crippen molar-refractivity contribution in [2.75, 3.05) is 42.5 Å². The largest absolute Gasteiger partial charge is 0.416 e. The zero-order chi connectivity index (χ0) is 27.8. The predicted octanol–water partition coefficient (Wildman–Crippen LogP) is 6.69. The second-order valence-corrected chi connectivity index (χ2v) is 10.6. The SMILES string of the molecule is CCCCCNC(=O)c1ccc(CSc2nc(Cl)cc(N3CCN(c4cccc(C(F)(F)F)c4)CC3)n2)cc1. The number of carbonyl (C=O) groups excluding carboxylic acids is 1. The molecule has 1 fully saturated rings. The van der Waals surface area contributed by atoms with Gasteiger partial charge in [-0.05, 0) is 42.3 Å².